The van der Waals surface area contributed by atoms with Gasteiger partial charge in [0.1, 0.15) is 31.5 Å². The van der Waals surface area contributed by atoms with Gasteiger partial charge in [0.05, 0.1) is 6.54 Å². The fraction of sp³-hybridized carbons (Fsp3) is 0.381. The van der Waals surface area contributed by atoms with Gasteiger partial charge in [0.25, 0.3) is 0 Å². The van der Waals surface area contributed by atoms with Crippen LogP contribution in [-0.4, -0.2) is 36.7 Å². The number of rotatable bonds is 7. The molecule has 1 aliphatic rings. The summed E-state index contributed by atoms with van der Waals surface area (Å²) in [4.78, 5) is 13.0. The lowest BCUT2D eigenvalue weighted by atomic mass is 10.00. The Morgan fingerprint density at radius 2 is 1.88 bits per heavy atom. The topological polar surface area (TPSA) is 51.0 Å². The molecule has 0 aliphatic carbocycles. The average Bonchev–Trinajstić information content (AvgIpc) is 2.66. The van der Waals surface area contributed by atoms with Crippen LogP contribution in [0.1, 0.15) is 34.8 Å². The minimum atomic E-state index is -0.503. The molecule has 0 bridgehead atoms. The number of Topliss-reactive ketones (excluding diaryl/α,β-unsaturated/α-hetero) is 1. The highest BCUT2D eigenvalue weighted by Gasteiger charge is 2.21. The Hall–Kier alpha value is -2.17. The van der Waals surface area contributed by atoms with E-state index in [0.29, 0.717) is 24.3 Å². The first-order chi connectivity index (χ1) is 12.2. The quantitative estimate of drug-likeness (QED) is 0.754. The lowest BCUT2D eigenvalue weighted by Crippen LogP contribution is -3.13. The van der Waals surface area contributed by atoms with Crippen molar-refractivity contribution in [3.8, 4) is 5.75 Å². The normalized spacial score (nSPS) is 17.6. The van der Waals surface area contributed by atoms with Crippen molar-refractivity contribution in [1.29, 1.82) is 0 Å². The SMILES string of the molecule is CCC(=O)c1ccc(OC[C@@H](O)C[NH+]2CCc3ccccc3C2)cc1. The number of quaternary nitrogens is 1. The number of ketones is 1. The third-order valence-electron chi connectivity index (χ3n) is 4.77. The molecule has 2 atom stereocenters. The molecule has 2 aromatic rings. The van der Waals surface area contributed by atoms with Crippen molar-refractivity contribution in [2.45, 2.75) is 32.4 Å². The second-order valence-corrected chi connectivity index (χ2v) is 6.67. The summed E-state index contributed by atoms with van der Waals surface area (Å²) in [5.41, 5.74) is 3.51. The van der Waals surface area contributed by atoms with Crippen LogP contribution in [0.15, 0.2) is 48.5 Å². The van der Waals surface area contributed by atoms with Gasteiger partial charge in [0, 0.05) is 24.0 Å². The van der Waals surface area contributed by atoms with Crippen LogP contribution in [0.25, 0.3) is 0 Å². The largest absolute Gasteiger partial charge is 0.491 e. The molecule has 0 aromatic heterocycles. The van der Waals surface area contributed by atoms with Crippen molar-refractivity contribution < 1.29 is 19.5 Å². The van der Waals surface area contributed by atoms with Crippen LogP contribution in [0.2, 0.25) is 0 Å². The molecule has 0 radical (unpaired) electrons. The number of carbonyl (C=O) groups excluding carboxylic acids is 1. The number of carbonyl (C=O) groups is 1. The van der Waals surface area contributed by atoms with E-state index in [2.05, 4.69) is 24.3 Å². The number of hydrogen-bond donors (Lipinski definition) is 2. The first-order valence-electron chi connectivity index (χ1n) is 9.00. The maximum atomic E-state index is 11.6. The van der Waals surface area contributed by atoms with E-state index in [1.165, 1.54) is 16.0 Å². The van der Waals surface area contributed by atoms with Crippen molar-refractivity contribution >= 4 is 5.78 Å². The van der Waals surface area contributed by atoms with Crippen LogP contribution < -0.4 is 9.64 Å². The highest BCUT2D eigenvalue weighted by molar-refractivity contribution is 5.95. The molecule has 0 fully saturated rings. The third-order valence-corrected chi connectivity index (χ3v) is 4.77. The van der Waals surface area contributed by atoms with E-state index in [4.69, 9.17) is 4.74 Å². The van der Waals surface area contributed by atoms with Gasteiger partial charge in [-0.2, -0.15) is 0 Å². The van der Waals surface area contributed by atoms with E-state index in [-0.39, 0.29) is 12.4 Å². The van der Waals surface area contributed by atoms with Crippen LogP contribution in [0.4, 0.5) is 0 Å². The van der Waals surface area contributed by atoms with E-state index >= 15 is 0 Å². The molecule has 132 valence electrons. The van der Waals surface area contributed by atoms with Gasteiger partial charge in [-0.25, -0.2) is 0 Å². The zero-order valence-corrected chi connectivity index (χ0v) is 14.7. The summed E-state index contributed by atoms with van der Waals surface area (Å²) >= 11 is 0. The molecule has 3 rings (SSSR count). The van der Waals surface area contributed by atoms with Gasteiger partial charge in [-0.1, -0.05) is 31.2 Å². The maximum absolute atomic E-state index is 11.6. The predicted octanol–water partition coefficient (Wildman–Crippen LogP) is 1.66. The van der Waals surface area contributed by atoms with Crippen molar-refractivity contribution in [1.82, 2.24) is 0 Å². The Labute approximate surface area is 149 Å². The molecule has 1 unspecified atom stereocenters. The zero-order chi connectivity index (χ0) is 17.6. The smallest absolute Gasteiger partial charge is 0.162 e. The summed E-state index contributed by atoms with van der Waals surface area (Å²) in [6.45, 7) is 4.81. The molecule has 0 saturated heterocycles. The number of hydrogen-bond acceptors (Lipinski definition) is 3. The minimum Gasteiger partial charge on any atom is -0.491 e. The van der Waals surface area contributed by atoms with Crippen LogP contribution in [0.3, 0.4) is 0 Å². The van der Waals surface area contributed by atoms with Gasteiger partial charge in [-0.15, -0.1) is 0 Å². The molecular weight excluding hydrogens is 314 g/mol. The number of nitrogens with one attached hydrogen (secondary N) is 1. The molecule has 1 aliphatic heterocycles. The summed E-state index contributed by atoms with van der Waals surface area (Å²) in [7, 11) is 0. The fourth-order valence-corrected chi connectivity index (χ4v) is 3.34. The molecule has 1 heterocycles. The van der Waals surface area contributed by atoms with Gasteiger partial charge >= 0.3 is 0 Å². The fourth-order valence-electron chi connectivity index (χ4n) is 3.34. The van der Waals surface area contributed by atoms with Crippen molar-refractivity contribution in [2.24, 2.45) is 0 Å². The Kier molecular flexibility index (Phi) is 5.84. The second kappa shape index (κ2) is 8.28. The van der Waals surface area contributed by atoms with Crippen LogP contribution >= 0.6 is 0 Å². The summed E-state index contributed by atoms with van der Waals surface area (Å²) in [6, 6.07) is 15.7. The number of fused-ring (bicyclic) bond motifs is 1. The molecule has 0 spiro atoms. The molecule has 0 amide bonds. The van der Waals surface area contributed by atoms with Gasteiger partial charge < -0.3 is 14.7 Å². The van der Waals surface area contributed by atoms with Crippen molar-refractivity contribution in [3.63, 3.8) is 0 Å². The van der Waals surface area contributed by atoms with Gasteiger partial charge in [-0.05, 0) is 29.8 Å². The Bertz CT molecular complexity index is 711. The number of benzene rings is 2. The highest BCUT2D eigenvalue weighted by Crippen LogP contribution is 2.14. The monoisotopic (exact) mass is 340 g/mol. The van der Waals surface area contributed by atoms with Crippen LogP contribution in [0.5, 0.6) is 5.75 Å². The van der Waals surface area contributed by atoms with Crippen molar-refractivity contribution in [3.05, 3.63) is 65.2 Å². The van der Waals surface area contributed by atoms with E-state index in [9.17, 15) is 9.90 Å². The molecule has 0 saturated carbocycles. The Balaban J connectivity index is 1.47. The molecule has 4 heteroatoms. The molecular formula is C21H26NO3+. The number of aliphatic hydroxyl groups excluding tert-OH is 1. The number of aliphatic hydroxyl groups is 1. The number of ether oxygens (including phenoxy) is 1. The summed E-state index contributed by atoms with van der Waals surface area (Å²) in [5.74, 6) is 0.811. The van der Waals surface area contributed by atoms with Crippen LogP contribution in [0, 0.1) is 0 Å². The van der Waals surface area contributed by atoms with Crippen LogP contribution in [-0.2, 0) is 13.0 Å². The van der Waals surface area contributed by atoms with E-state index in [1.807, 2.05) is 6.92 Å². The van der Waals surface area contributed by atoms with Gasteiger partial charge in [0.2, 0.25) is 0 Å². The minimum absolute atomic E-state index is 0.126. The second-order valence-electron chi connectivity index (χ2n) is 6.67. The molecule has 2 aromatic carbocycles. The lowest BCUT2D eigenvalue weighted by molar-refractivity contribution is -0.918. The van der Waals surface area contributed by atoms with Crippen molar-refractivity contribution in [2.75, 3.05) is 19.7 Å². The zero-order valence-electron chi connectivity index (χ0n) is 14.7. The standard InChI is InChI=1S/C21H25NO3/c1-2-21(24)17-7-9-20(10-8-17)25-15-19(23)14-22-12-11-16-5-3-4-6-18(16)13-22/h3-10,19,23H,2,11-15H2,1H3/p+1/t19-/m0/s1. The lowest BCUT2D eigenvalue weighted by Gasteiger charge is -2.27. The maximum Gasteiger partial charge on any atom is 0.162 e. The van der Waals surface area contributed by atoms with Gasteiger partial charge in [0.15, 0.2) is 5.78 Å². The molecule has 25 heavy (non-hydrogen) atoms. The van der Waals surface area contributed by atoms with Gasteiger partial charge in [-0.3, -0.25) is 4.79 Å². The highest BCUT2D eigenvalue weighted by atomic mass is 16.5. The van der Waals surface area contributed by atoms with E-state index in [1.54, 1.807) is 24.3 Å². The summed E-state index contributed by atoms with van der Waals surface area (Å²) in [6.07, 6.45) is 1.06. The molecule has 4 nitrogen and oxygen atoms in total. The molecule has 2 N–H and O–H groups in total. The predicted molar refractivity (Wildman–Crippen MR) is 97.1 cm³/mol. The Morgan fingerprint density at radius 1 is 1.16 bits per heavy atom. The average molecular weight is 340 g/mol. The first-order valence-corrected chi connectivity index (χ1v) is 9.00. The summed E-state index contributed by atoms with van der Waals surface area (Å²) in [5, 5.41) is 10.3. The van der Waals surface area contributed by atoms with E-state index < -0.39 is 6.10 Å². The Morgan fingerprint density at radius 3 is 2.60 bits per heavy atom. The summed E-state index contributed by atoms with van der Waals surface area (Å²) < 4.78 is 5.67. The third kappa shape index (κ3) is 4.68. The van der Waals surface area contributed by atoms with E-state index in [0.717, 1.165) is 19.5 Å². The first kappa shape index (κ1) is 17.6.